The topological polar surface area (TPSA) is 76.0 Å². The minimum Gasteiger partial charge on any atom is -0.465 e. The van der Waals surface area contributed by atoms with Crippen LogP contribution in [0.3, 0.4) is 0 Å². The highest BCUT2D eigenvalue weighted by Crippen LogP contribution is 2.34. The summed E-state index contributed by atoms with van der Waals surface area (Å²) in [6, 6.07) is 0. The molecule has 0 radical (unpaired) electrons. The largest absolute Gasteiger partial charge is 0.465 e. The van der Waals surface area contributed by atoms with Crippen molar-refractivity contribution in [3.63, 3.8) is 0 Å². The van der Waals surface area contributed by atoms with Crippen molar-refractivity contribution in [1.29, 1.82) is 0 Å². The molecule has 28 heavy (non-hydrogen) atoms. The molecule has 0 aromatic rings. The summed E-state index contributed by atoms with van der Waals surface area (Å²) in [7, 11) is 0. The maximum absolute atomic E-state index is 12.4. The van der Waals surface area contributed by atoms with Crippen molar-refractivity contribution in [3.05, 3.63) is 0 Å². The van der Waals surface area contributed by atoms with Gasteiger partial charge in [0.25, 0.3) is 0 Å². The molecule has 2 aliphatic rings. The second-order valence-corrected chi connectivity index (χ2v) is 9.59. The van der Waals surface area contributed by atoms with Crippen LogP contribution in [0.25, 0.3) is 0 Å². The molecule has 2 saturated carbocycles. The number of carbonyl (C=O) groups excluding carboxylic acids is 1. The van der Waals surface area contributed by atoms with Gasteiger partial charge in [-0.3, -0.25) is 4.79 Å². The SMILES string of the molecule is CCC1CCC(C(=O)OCC(C)(CO)COC(O)C2CCC(CC)CC2)CC1. The van der Waals surface area contributed by atoms with E-state index in [2.05, 4.69) is 13.8 Å². The van der Waals surface area contributed by atoms with Gasteiger partial charge in [-0.05, 0) is 50.4 Å². The van der Waals surface area contributed by atoms with E-state index in [-0.39, 0.29) is 37.6 Å². The Kier molecular flexibility index (Phi) is 9.72. The molecule has 0 aromatic heterocycles. The smallest absolute Gasteiger partial charge is 0.308 e. The van der Waals surface area contributed by atoms with Gasteiger partial charge in [0.2, 0.25) is 0 Å². The van der Waals surface area contributed by atoms with Gasteiger partial charge in [-0.2, -0.15) is 0 Å². The first-order valence-corrected chi connectivity index (χ1v) is 11.5. The molecule has 0 heterocycles. The normalized spacial score (nSPS) is 31.8. The number of ether oxygens (including phenoxy) is 2. The molecule has 5 heteroatoms. The molecule has 0 saturated heterocycles. The van der Waals surface area contributed by atoms with E-state index < -0.39 is 11.7 Å². The quantitative estimate of drug-likeness (QED) is 0.424. The predicted octanol–water partition coefficient (Wildman–Crippen LogP) is 4.30. The summed E-state index contributed by atoms with van der Waals surface area (Å²) in [5.74, 6) is 1.53. The molecular formula is C23H42O5. The fraction of sp³-hybridized carbons (Fsp3) is 0.957. The van der Waals surface area contributed by atoms with Crippen LogP contribution in [0.15, 0.2) is 0 Å². The third-order valence-corrected chi connectivity index (χ3v) is 7.18. The Bertz CT molecular complexity index is 452. The van der Waals surface area contributed by atoms with Crippen LogP contribution in [0.4, 0.5) is 0 Å². The van der Waals surface area contributed by atoms with E-state index in [1.807, 2.05) is 6.92 Å². The number of esters is 1. The van der Waals surface area contributed by atoms with E-state index >= 15 is 0 Å². The summed E-state index contributed by atoms with van der Waals surface area (Å²) in [4.78, 5) is 12.4. The molecule has 0 aliphatic heterocycles. The second-order valence-electron chi connectivity index (χ2n) is 9.59. The van der Waals surface area contributed by atoms with Gasteiger partial charge in [-0.25, -0.2) is 0 Å². The number of hydrogen-bond donors (Lipinski definition) is 2. The van der Waals surface area contributed by atoms with Crippen molar-refractivity contribution >= 4 is 5.97 Å². The first-order valence-electron chi connectivity index (χ1n) is 11.5. The maximum Gasteiger partial charge on any atom is 0.308 e. The van der Waals surface area contributed by atoms with Gasteiger partial charge in [0.1, 0.15) is 6.61 Å². The summed E-state index contributed by atoms with van der Waals surface area (Å²) < 4.78 is 11.3. The van der Waals surface area contributed by atoms with Gasteiger partial charge in [0.15, 0.2) is 6.29 Å². The number of rotatable bonds is 10. The van der Waals surface area contributed by atoms with Crippen LogP contribution in [0.2, 0.25) is 0 Å². The fourth-order valence-electron chi connectivity index (χ4n) is 4.61. The fourth-order valence-corrected chi connectivity index (χ4v) is 4.61. The highest BCUT2D eigenvalue weighted by atomic mass is 16.6. The standard InChI is InChI=1S/C23H42O5/c1-4-17-6-10-19(11-7-17)21(25)27-15-23(3,14-24)16-28-22(26)20-12-8-18(5-2)9-13-20/h17-21,24-25H,4-16H2,1-3H3. The van der Waals surface area contributed by atoms with Gasteiger partial charge in [0.05, 0.1) is 19.1 Å². The van der Waals surface area contributed by atoms with E-state index in [0.29, 0.717) is 0 Å². The summed E-state index contributed by atoms with van der Waals surface area (Å²) in [6.45, 7) is 6.45. The maximum atomic E-state index is 12.4. The molecule has 0 bridgehead atoms. The molecular weight excluding hydrogens is 356 g/mol. The van der Waals surface area contributed by atoms with Crippen LogP contribution in [0.5, 0.6) is 0 Å². The summed E-state index contributed by atoms with van der Waals surface area (Å²) in [5.41, 5.74) is -0.683. The minimum absolute atomic E-state index is 0.00833. The Labute approximate surface area is 171 Å². The van der Waals surface area contributed by atoms with E-state index in [1.165, 1.54) is 12.8 Å². The Morgan fingerprint density at radius 2 is 1.50 bits per heavy atom. The summed E-state index contributed by atoms with van der Waals surface area (Å²) in [5, 5.41) is 20.2. The lowest BCUT2D eigenvalue weighted by Gasteiger charge is -2.34. The molecule has 0 aromatic carbocycles. The van der Waals surface area contributed by atoms with Crippen LogP contribution in [-0.2, 0) is 14.3 Å². The third-order valence-electron chi connectivity index (χ3n) is 7.18. The Balaban J connectivity index is 1.72. The van der Waals surface area contributed by atoms with Gasteiger partial charge >= 0.3 is 5.97 Å². The summed E-state index contributed by atoms with van der Waals surface area (Å²) in [6.07, 6.45) is 9.88. The predicted molar refractivity (Wildman–Crippen MR) is 110 cm³/mol. The van der Waals surface area contributed by atoms with Crippen molar-refractivity contribution in [3.8, 4) is 0 Å². The zero-order valence-electron chi connectivity index (χ0n) is 18.2. The van der Waals surface area contributed by atoms with E-state index in [4.69, 9.17) is 9.47 Å². The van der Waals surface area contributed by atoms with E-state index in [1.54, 1.807) is 0 Å². The lowest BCUT2D eigenvalue weighted by molar-refractivity contribution is -0.178. The number of aliphatic hydroxyl groups is 2. The second kappa shape index (κ2) is 11.5. The van der Waals surface area contributed by atoms with Gasteiger partial charge < -0.3 is 19.7 Å². The molecule has 2 unspecified atom stereocenters. The molecule has 2 rings (SSSR count). The van der Waals surface area contributed by atoms with Crippen LogP contribution in [0, 0.1) is 29.1 Å². The van der Waals surface area contributed by atoms with E-state index in [9.17, 15) is 15.0 Å². The Morgan fingerprint density at radius 3 is 2.00 bits per heavy atom. The van der Waals surface area contributed by atoms with Crippen LogP contribution < -0.4 is 0 Å². The highest BCUT2D eigenvalue weighted by Gasteiger charge is 2.33. The van der Waals surface area contributed by atoms with Crippen molar-refractivity contribution in [2.24, 2.45) is 29.1 Å². The Morgan fingerprint density at radius 1 is 0.964 bits per heavy atom. The van der Waals surface area contributed by atoms with Crippen molar-refractivity contribution in [1.82, 2.24) is 0 Å². The van der Waals surface area contributed by atoms with Crippen molar-refractivity contribution in [2.45, 2.75) is 91.3 Å². The van der Waals surface area contributed by atoms with Crippen LogP contribution in [-0.4, -0.2) is 42.3 Å². The van der Waals surface area contributed by atoms with Gasteiger partial charge in [-0.1, -0.05) is 46.5 Å². The van der Waals surface area contributed by atoms with Crippen molar-refractivity contribution in [2.75, 3.05) is 19.8 Å². The average Bonchev–Trinajstić information content (AvgIpc) is 2.76. The van der Waals surface area contributed by atoms with Crippen LogP contribution in [0.1, 0.15) is 85.0 Å². The monoisotopic (exact) mass is 398 g/mol. The number of carbonyl (C=O) groups is 1. The molecule has 2 aliphatic carbocycles. The highest BCUT2D eigenvalue weighted by molar-refractivity contribution is 5.72. The minimum atomic E-state index is -0.802. The zero-order chi connectivity index (χ0) is 20.6. The average molecular weight is 399 g/mol. The zero-order valence-corrected chi connectivity index (χ0v) is 18.2. The molecule has 2 N–H and O–H groups in total. The third kappa shape index (κ3) is 7.00. The molecule has 2 atom stereocenters. The van der Waals surface area contributed by atoms with Crippen molar-refractivity contribution < 1.29 is 24.5 Å². The molecule has 5 nitrogen and oxygen atoms in total. The van der Waals surface area contributed by atoms with Crippen LogP contribution >= 0.6 is 0 Å². The lowest BCUT2D eigenvalue weighted by Crippen LogP contribution is -2.38. The molecule has 0 amide bonds. The number of hydrogen-bond acceptors (Lipinski definition) is 5. The summed E-state index contributed by atoms with van der Waals surface area (Å²) >= 11 is 0. The Hall–Kier alpha value is -0.650. The van der Waals surface area contributed by atoms with Gasteiger partial charge in [0, 0.05) is 11.3 Å². The van der Waals surface area contributed by atoms with E-state index in [0.717, 1.165) is 63.2 Å². The molecule has 0 spiro atoms. The molecule has 164 valence electrons. The first-order chi connectivity index (χ1) is 13.4. The number of aliphatic hydroxyl groups excluding tert-OH is 2. The lowest BCUT2D eigenvalue weighted by atomic mass is 9.80. The molecule has 2 fully saturated rings. The first kappa shape index (κ1) is 23.6. The van der Waals surface area contributed by atoms with Gasteiger partial charge in [-0.15, -0.1) is 0 Å².